The van der Waals surface area contributed by atoms with Crippen LogP contribution in [0.3, 0.4) is 0 Å². The molecule has 0 radical (unpaired) electrons. The third-order valence-electron chi connectivity index (χ3n) is 23.5. The lowest BCUT2D eigenvalue weighted by molar-refractivity contribution is -0.384. The average molecular weight is 1420 g/mol. The van der Waals surface area contributed by atoms with Gasteiger partial charge in [0, 0.05) is 26.7 Å². The SMILES string of the molecule is CC(=O)N[C@H]1[C@H](O[C@H]2[C@H](O)[C@@H](NC(C)=O)[C@H](O[C@@H]3CC[C@@]4(C)[C@H](CC[C@@H]5[C@@H]4CC[C@]4(C)[C@@H]([C@H](C)CCC(=O)N[C@@H](Cc6ccccc6)C(=O)O)CC[C@@H]54)C3)O[C@@H]2CO)O[C@H](CO)[C@@H](O[C@@H]2O[C@H](CO[C@H]3O[C@H](CO)[C@@H](O)[C@H](O)[C@@H]3O)[C@@H](O)[C@H](O[C@H]3O[C@H](CO)[C@@H](O)[C@H](O)[C@@H]3O)[C@@H]2O)[C@@H]1O. The van der Waals surface area contributed by atoms with Crippen molar-refractivity contribution >= 4 is 23.7 Å². The molecule has 32 heteroatoms. The van der Waals surface area contributed by atoms with Crippen molar-refractivity contribution in [3.8, 4) is 0 Å². The Labute approximate surface area is 573 Å². The standard InChI is InChI=1S/C67H105N3O29/c1-28(11-16-44(77)70-38(60(88)89)21-31-9-7-6-8-10-31)35-14-15-36-34-13-12-32-22-33(17-19-66(32,4)37(34)18-20-67(35,36)5)91-61-45(68-29(2)75)50(81)57(41(25-73)94-61)97-62-46(69-30(3)76)51(82)58(42(26-74)95-62)98-65-56(87)59(99-64-55(86)53(84)48(79)40(24-72)93-64)49(80)43(96-65)27-90-63-54(85)52(83)47(78)39(23-71)92-63/h6-10,28,32-43,45-59,61-65,71-74,78-87H,11-27H2,1-5H3,(H,68,75)(H,69,76)(H,70,77)(H,88,89)/t28-,32-,33-,34+,35-,36+,37+,38+,39-,40-,41-,42-,43-,45-,46-,47-,48-,49-,50-,51-,52+,53+,54+,55+,56+,57-,58-,59+,61-,62+,63+,64-,65+,66+,67-/m1/s1. The monoisotopic (exact) mass is 1420 g/mol. The van der Waals surface area contributed by atoms with Crippen molar-refractivity contribution in [1.82, 2.24) is 16.0 Å². The number of hydrogen-bond donors (Lipinski definition) is 18. The van der Waals surface area contributed by atoms with Crippen LogP contribution in [0.5, 0.6) is 0 Å². The zero-order chi connectivity index (χ0) is 71.7. The summed E-state index contributed by atoms with van der Waals surface area (Å²) in [6.07, 6.45) is -32.8. The van der Waals surface area contributed by atoms with Crippen LogP contribution in [-0.4, -0.2) is 299 Å². The van der Waals surface area contributed by atoms with Crippen molar-refractivity contribution in [2.75, 3.05) is 33.0 Å². The minimum atomic E-state index is -2.20. The highest BCUT2D eigenvalue weighted by Crippen LogP contribution is 2.68. The lowest BCUT2D eigenvalue weighted by atomic mass is 9.44. The molecule has 0 aromatic heterocycles. The van der Waals surface area contributed by atoms with Gasteiger partial charge in [0.15, 0.2) is 31.5 Å². The summed E-state index contributed by atoms with van der Waals surface area (Å²) in [5, 5.41) is 171. The number of aliphatic hydroxyl groups is 14. The number of rotatable bonds is 25. The molecule has 32 nitrogen and oxygen atoms in total. The molecule has 9 fully saturated rings. The third kappa shape index (κ3) is 16.5. The summed E-state index contributed by atoms with van der Waals surface area (Å²) in [6.45, 7) is 5.02. The fourth-order valence-electron chi connectivity index (χ4n) is 18.2. The molecular weight excluding hydrogens is 1310 g/mol. The molecule has 1 aromatic rings. The van der Waals surface area contributed by atoms with E-state index in [0.717, 1.165) is 57.4 Å². The Kier molecular flexibility index (Phi) is 26.0. The second-order valence-electron chi connectivity index (χ2n) is 29.5. The molecule has 9 aliphatic rings. The number of amides is 3. The van der Waals surface area contributed by atoms with Gasteiger partial charge in [0.1, 0.15) is 128 Å². The zero-order valence-electron chi connectivity index (χ0n) is 56.4. The summed E-state index contributed by atoms with van der Waals surface area (Å²) in [6, 6.07) is 5.18. The van der Waals surface area contributed by atoms with Crippen LogP contribution in [0.4, 0.5) is 0 Å². The Balaban J connectivity index is 0.785. The summed E-state index contributed by atoms with van der Waals surface area (Å²) >= 11 is 0. The first-order chi connectivity index (χ1) is 47.0. The number of carbonyl (C=O) groups excluding carboxylic acids is 3. The predicted molar refractivity (Wildman–Crippen MR) is 336 cm³/mol. The van der Waals surface area contributed by atoms with E-state index in [9.17, 15) is 95.8 Å². The van der Waals surface area contributed by atoms with Crippen LogP contribution < -0.4 is 16.0 Å². The molecule has 4 saturated carbocycles. The molecule has 35 atom stereocenters. The maximum Gasteiger partial charge on any atom is 0.326 e. The van der Waals surface area contributed by atoms with Crippen LogP contribution in [0.15, 0.2) is 30.3 Å². The molecule has 18 N–H and O–H groups in total. The number of hydrogen-bond acceptors (Lipinski definition) is 28. The minimum Gasteiger partial charge on any atom is -0.480 e. The first-order valence-electron chi connectivity index (χ1n) is 34.9. The normalized spacial score (nSPS) is 46.0. The van der Waals surface area contributed by atoms with Crippen molar-refractivity contribution < 1.29 is 143 Å². The number of aliphatic carboxylic acids is 1. The van der Waals surface area contributed by atoms with Crippen molar-refractivity contribution in [2.24, 2.45) is 46.3 Å². The van der Waals surface area contributed by atoms with E-state index in [2.05, 4.69) is 36.7 Å². The quantitative estimate of drug-likeness (QED) is 0.0411. The van der Waals surface area contributed by atoms with Crippen LogP contribution >= 0.6 is 0 Å². The number of carboxylic acids is 1. The number of carboxylic acid groups (broad SMARTS) is 1. The Morgan fingerprint density at radius 1 is 0.535 bits per heavy atom. The molecule has 0 unspecified atom stereocenters. The summed E-state index contributed by atoms with van der Waals surface area (Å²) < 4.78 is 60.3. The van der Waals surface area contributed by atoms with Crippen molar-refractivity contribution in [1.29, 1.82) is 0 Å². The highest BCUT2D eigenvalue weighted by Gasteiger charge is 2.62. The predicted octanol–water partition coefficient (Wildman–Crippen LogP) is -4.36. The fourth-order valence-corrected chi connectivity index (χ4v) is 18.2. The van der Waals surface area contributed by atoms with E-state index >= 15 is 0 Å². The lowest BCUT2D eigenvalue weighted by Crippen LogP contribution is -2.70. The lowest BCUT2D eigenvalue weighted by Gasteiger charge is -2.61. The number of ether oxygens (including phenoxy) is 10. The smallest absolute Gasteiger partial charge is 0.326 e. The Morgan fingerprint density at radius 3 is 1.62 bits per heavy atom. The van der Waals surface area contributed by atoms with Crippen molar-refractivity contribution in [2.45, 2.75) is 277 Å². The average Bonchev–Trinajstić information content (AvgIpc) is 1.17. The van der Waals surface area contributed by atoms with E-state index in [1.165, 1.54) is 6.92 Å². The molecule has 5 heterocycles. The van der Waals surface area contributed by atoms with E-state index in [1.807, 2.05) is 30.3 Å². The second-order valence-corrected chi connectivity index (χ2v) is 29.5. The van der Waals surface area contributed by atoms with Gasteiger partial charge in [0.25, 0.3) is 0 Å². The summed E-state index contributed by atoms with van der Waals surface area (Å²) in [5.74, 6) is -0.255. The number of fused-ring (bicyclic) bond motifs is 5. The summed E-state index contributed by atoms with van der Waals surface area (Å²) in [5.41, 5.74) is 0.916. The minimum absolute atomic E-state index is 0.00819. The maximum atomic E-state index is 13.2. The van der Waals surface area contributed by atoms with Crippen molar-refractivity contribution in [3.05, 3.63) is 35.9 Å². The van der Waals surface area contributed by atoms with Crippen LogP contribution in [0.25, 0.3) is 0 Å². The van der Waals surface area contributed by atoms with E-state index in [4.69, 9.17) is 47.4 Å². The third-order valence-corrected chi connectivity index (χ3v) is 23.5. The van der Waals surface area contributed by atoms with Gasteiger partial charge in [-0.1, -0.05) is 51.1 Å². The van der Waals surface area contributed by atoms with Gasteiger partial charge in [-0.3, -0.25) is 14.4 Å². The van der Waals surface area contributed by atoms with E-state index < -0.39 is 216 Å². The Morgan fingerprint density at radius 2 is 1.04 bits per heavy atom. The van der Waals surface area contributed by atoms with Gasteiger partial charge >= 0.3 is 5.97 Å². The maximum absolute atomic E-state index is 13.2. The molecule has 10 rings (SSSR count). The molecule has 5 aliphatic heterocycles. The molecule has 0 bridgehead atoms. The van der Waals surface area contributed by atoms with Gasteiger partial charge < -0.3 is 140 Å². The second kappa shape index (κ2) is 33.1. The number of nitrogens with one attached hydrogen (secondary N) is 3. The van der Waals surface area contributed by atoms with Crippen molar-refractivity contribution in [3.63, 3.8) is 0 Å². The number of aliphatic hydroxyl groups excluding tert-OH is 14. The molecule has 99 heavy (non-hydrogen) atoms. The Hall–Kier alpha value is -3.86. The largest absolute Gasteiger partial charge is 0.480 e. The first-order valence-corrected chi connectivity index (χ1v) is 34.9. The van der Waals surface area contributed by atoms with Crippen LogP contribution in [0.2, 0.25) is 0 Å². The van der Waals surface area contributed by atoms with E-state index in [-0.39, 0.29) is 41.4 Å². The fraction of sp³-hybridized carbons (Fsp3) is 0.851. The number of benzene rings is 1. The van der Waals surface area contributed by atoms with Gasteiger partial charge in [-0.2, -0.15) is 0 Å². The molecule has 3 amide bonds. The highest BCUT2D eigenvalue weighted by molar-refractivity contribution is 5.83. The van der Waals surface area contributed by atoms with Crippen LogP contribution in [0, 0.1) is 46.3 Å². The topological polar surface area (TPSA) is 500 Å². The van der Waals surface area contributed by atoms with Crippen LogP contribution in [0.1, 0.15) is 111 Å². The van der Waals surface area contributed by atoms with Gasteiger partial charge in [0.2, 0.25) is 17.7 Å². The summed E-state index contributed by atoms with van der Waals surface area (Å²) in [4.78, 5) is 51.4. The van der Waals surface area contributed by atoms with Gasteiger partial charge in [-0.25, -0.2) is 4.79 Å². The van der Waals surface area contributed by atoms with Gasteiger partial charge in [-0.05, 0) is 116 Å². The van der Waals surface area contributed by atoms with Gasteiger partial charge in [-0.15, -0.1) is 0 Å². The van der Waals surface area contributed by atoms with E-state index in [0.29, 0.717) is 42.9 Å². The van der Waals surface area contributed by atoms with Gasteiger partial charge in [0.05, 0.1) is 39.1 Å². The zero-order valence-corrected chi connectivity index (χ0v) is 56.4. The number of carbonyl (C=O) groups is 4. The summed E-state index contributed by atoms with van der Waals surface area (Å²) in [7, 11) is 0. The molecule has 5 saturated heterocycles. The van der Waals surface area contributed by atoms with E-state index in [1.54, 1.807) is 0 Å². The molecular formula is C67H105N3O29. The molecule has 1 aromatic carbocycles. The molecule has 562 valence electrons. The van der Waals surface area contributed by atoms with Crippen LogP contribution in [-0.2, 0) is 73.0 Å². The molecule has 4 aliphatic carbocycles. The first kappa shape index (κ1) is 77.7. The Bertz CT molecular complexity index is 2820. The highest BCUT2D eigenvalue weighted by atomic mass is 16.8. The molecule has 0 spiro atoms.